The molecular formula is C41H30O3. The molecular weight excluding hydrogens is 540 g/mol. The molecule has 212 valence electrons. The average Bonchev–Trinajstić information content (AvgIpc) is 3.69. The number of aryl methyl sites for hydroxylation is 3. The molecule has 9 rings (SSSR count). The molecule has 44 heavy (non-hydrogen) atoms. The van der Waals surface area contributed by atoms with Crippen molar-refractivity contribution in [1.82, 2.24) is 0 Å². The fourth-order valence-corrected chi connectivity index (χ4v) is 6.91. The first-order valence-electron chi connectivity index (χ1n) is 15.2. The maximum atomic E-state index is 6.46. The zero-order valence-corrected chi connectivity index (χ0v) is 25.0. The Bertz CT molecular complexity index is 2590. The lowest BCUT2D eigenvalue weighted by Gasteiger charge is -2.07. The van der Waals surface area contributed by atoms with Gasteiger partial charge in [0.05, 0.1) is 0 Å². The third-order valence-corrected chi connectivity index (χ3v) is 9.25. The van der Waals surface area contributed by atoms with Crippen molar-refractivity contribution in [3.63, 3.8) is 0 Å². The van der Waals surface area contributed by atoms with Crippen LogP contribution in [-0.4, -0.2) is 0 Å². The van der Waals surface area contributed by atoms with Gasteiger partial charge in [0, 0.05) is 32.3 Å². The molecule has 3 aromatic heterocycles. The molecule has 9 aromatic rings. The van der Waals surface area contributed by atoms with Crippen molar-refractivity contribution in [3.05, 3.63) is 142 Å². The predicted molar refractivity (Wildman–Crippen MR) is 181 cm³/mol. The van der Waals surface area contributed by atoms with E-state index < -0.39 is 0 Å². The summed E-state index contributed by atoms with van der Waals surface area (Å²) >= 11 is 0. The molecule has 3 heterocycles. The quantitative estimate of drug-likeness (QED) is 0.211. The van der Waals surface area contributed by atoms with Crippen LogP contribution in [-0.2, 0) is 12.8 Å². The zero-order chi connectivity index (χ0) is 29.5. The number of benzene rings is 6. The number of fused-ring (bicyclic) bond motifs is 9. The predicted octanol–water partition coefficient (Wildman–Crippen LogP) is 11.5. The monoisotopic (exact) mass is 570 g/mol. The summed E-state index contributed by atoms with van der Waals surface area (Å²) < 4.78 is 18.8. The van der Waals surface area contributed by atoms with E-state index in [1.165, 1.54) is 55.1 Å². The Balaban J connectivity index is 1.04. The minimum Gasteiger partial charge on any atom is -0.456 e. The Hall–Kier alpha value is -5.28. The summed E-state index contributed by atoms with van der Waals surface area (Å²) in [6.07, 6.45) is 1.67. The summed E-state index contributed by atoms with van der Waals surface area (Å²) in [5.41, 5.74) is 14.3. The van der Waals surface area contributed by atoms with Gasteiger partial charge in [0.25, 0.3) is 0 Å². The van der Waals surface area contributed by atoms with Crippen LogP contribution < -0.4 is 0 Å². The van der Waals surface area contributed by atoms with E-state index in [0.29, 0.717) is 0 Å². The van der Waals surface area contributed by atoms with Crippen LogP contribution >= 0.6 is 0 Å². The van der Waals surface area contributed by atoms with Gasteiger partial charge >= 0.3 is 0 Å². The summed E-state index contributed by atoms with van der Waals surface area (Å²) in [6.45, 7) is 6.40. The lowest BCUT2D eigenvalue weighted by atomic mass is 9.96. The van der Waals surface area contributed by atoms with Crippen molar-refractivity contribution in [2.75, 3.05) is 0 Å². The van der Waals surface area contributed by atoms with E-state index in [4.69, 9.17) is 13.3 Å². The lowest BCUT2D eigenvalue weighted by molar-refractivity contribution is 0.664. The molecule has 0 radical (unpaired) electrons. The van der Waals surface area contributed by atoms with Crippen LogP contribution in [0.25, 0.3) is 65.8 Å². The van der Waals surface area contributed by atoms with Gasteiger partial charge in [-0.2, -0.15) is 0 Å². The second-order valence-electron chi connectivity index (χ2n) is 12.4. The highest BCUT2D eigenvalue weighted by molar-refractivity contribution is 6.07. The van der Waals surface area contributed by atoms with E-state index in [-0.39, 0.29) is 0 Å². The van der Waals surface area contributed by atoms with Crippen LogP contribution in [0, 0.1) is 20.8 Å². The number of hydrogen-bond acceptors (Lipinski definition) is 3. The molecule has 0 aliphatic rings. The van der Waals surface area contributed by atoms with Crippen molar-refractivity contribution in [2.24, 2.45) is 0 Å². The Morgan fingerprint density at radius 3 is 1.70 bits per heavy atom. The molecule has 0 atom stereocenters. The van der Waals surface area contributed by atoms with E-state index in [0.717, 1.165) is 62.5 Å². The van der Waals surface area contributed by atoms with Gasteiger partial charge in [0.1, 0.15) is 33.5 Å². The Morgan fingerprint density at radius 1 is 0.386 bits per heavy atom. The second-order valence-corrected chi connectivity index (χ2v) is 12.4. The standard InChI is InChI=1S/C41H30O3/c1-23-5-13-36-33(16-23)35-21-27(7-14-37(35)42-36)18-26-8-15-38-34(20-26)32-12-9-29(25(3)41(32)44-38)19-28-6-11-31-30-10-4-24(2)17-39(30)43-40(31)22-28/h4-17,20-22H,18-19H2,1-3H3. The van der Waals surface area contributed by atoms with Gasteiger partial charge in [-0.05, 0) is 116 Å². The van der Waals surface area contributed by atoms with Gasteiger partial charge in [-0.3, -0.25) is 0 Å². The Kier molecular flexibility index (Phi) is 5.37. The van der Waals surface area contributed by atoms with Gasteiger partial charge in [-0.25, -0.2) is 0 Å². The molecule has 0 unspecified atom stereocenters. The van der Waals surface area contributed by atoms with Crippen molar-refractivity contribution >= 4 is 65.8 Å². The molecule has 3 nitrogen and oxygen atoms in total. The highest BCUT2D eigenvalue weighted by atomic mass is 16.3. The van der Waals surface area contributed by atoms with Crippen LogP contribution in [0.5, 0.6) is 0 Å². The highest BCUT2D eigenvalue weighted by Crippen LogP contribution is 2.36. The van der Waals surface area contributed by atoms with Gasteiger partial charge in [-0.1, -0.05) is 60.2 Å². The van der Waals surface area contributed by atoms with Gasteiger partial charge in [0.2, 0.25) is 0 Å². The van der Waals surface area contributed by atoms with Crippen LogP contribution in [0.15, 0.2) is 116 Å². The minimum absolute atomic E-state index is 0.820. The number of furan rings is 3. The van der Waals surface area contributed by atoms with E-state index in [1.807, 2.05) is 0 Å². The third kappa shape index (κ3) is 3.96. The first-order chi connectivity index (χ1) is 21.5. The van der Waals surface area contributed by atoms with Crippen LogP contribution in [0.3, 0.4) is 0 Å². The van der Waals surface area contributed by atoms with Crippen LogP contribution in [0.1, 0.15) is 38.9 Å². The summed E-state index contributed by atoms with van der Waals surface area (Å²) in [4.78, 5) is 0. The maximum Gasteiger partial charge on any atom is 0.138 e. The van der Waals surface area contributed by atoms with E-state index in [9.17, 15) is 0 Å². The smallest absolute Gasteiger partial charge is 0.138 e. The van der Waals surface area contributed by atoms with E-state index in [1.54, 1.807) is 0 Å². The first kappa shape index (κ1) is 25.2. The van der Waals surface area contributed by atoms with Crippen LogP contribution in [0.4, 0.5) is 0 Å². The molecule has 0 fully saturated rings. The highest BCUT2D eigenvalue weighted by Gasteiger charge is 2.15. The summed E-state index contributed by atoms with van der Waals surface area (Å²) in [6, 6.07) is 37.0. The molecule has 0 spiro atoms. The molecule has 0 saturated carbocycles. The van der Waals surface area contributed by atoms with E-state index >= 15 is 0 Å². The molecule has 0 bridgehead atoms. The molecule has 0 aliphatic heterocycles. The van der Waals surface area contributed by atoms with Gasteiger partial charge in [0.15, 0.2) is 0 Å². The van der Waals surface area contributed by atoms with Gasteiger partial charge < -0.3 is 13.3 Å². The second kappa shape index (κ2) is 9.36. The zero-order valence-electron chi connectivity index (χ0n) is 25.0. The minimum atomic E-state index is 0.820. The molecule has 6 aromatic carbocycles. The van der Waals surface area contributed by atoms with Crippen molar-refractivity contribution < 1.29 is 13.3 Å². The van der Waals surface area contributed by atoms with Crippen molar-refractivity contribution in [2.45, 2.75) is 33.6 Å². The molecule has 0 amide bonds. The van der Waals surface area contributed by atoms with E-state index in [2.05, 4.69) is 124 Å². The first-order valence-corrected chi connectivity index (χ1v) is 15.2. The molecule has 0 saturated heterocycles. The normalized spacial score (nSPS) is 12.2. The molecule has 0 N–H and O–H groups in total. The third-order valence-electron chi connectivity index (χ3n) is 9.25. The largest absolute Gasteiger partial charge is 0.456 e. The fraction of sp³-hybridized carbons (Fsp3) is 0.122. The Labute approximate surface area is 254 Å². The number of hydrogen-bond donors (Lipinski definition) is 0. The maximum absolute atomic E-state index is 6.46. The lowest BCUT2D eigenvalue weighted by Crippen LogP contribution is -1.92. The van der Waals surface area contributed by atoms with Crippen molar-refractivity contribution in [1.29, 1.82) is 0 Å². The molecule has 3 heteroatoms. The Morgan fingerprint density at radius 2 is 0.909 bits per heavy atom. The average molecular weight is 571 g/mol. The SMILES string of the molecule is Cc1ccc2c(c1)oc1cc(Cc3ccc4c(oc5ccc(Cc6ccc7oc8ccc(C)cc8c7c6)cc54)c3C)ccc12. The summed E-state index contributed by atoms with van der Waals surface area (Å²) in [5.74, 6) is 0. The van der Waals surface area contributed by atoms with Gasteiger partial charge in [-0.15, -0.1) is 0 Å². The summed E-state index contributed by atoms with van der Waals surface area (Å²) in [5, 5.41) is 7.01. The van der Waals surface area contributed by atoms with Crippen molar-refractivity contribution in [3.8, 4) is 0 Å². The molecule has 0 aliphatic carbocycles. The fourth-order valence-electron chi connectivity index (χ4n) is 6.91. The topological polar surface area (TPSA) is 39.4 Å². The summed E-state index contributed by atoms with van der Waals surface area (Å²) in [7, 11) is 0. The number of rotatable bonds is 4. The van der Waals surface area contributed by atoms with Crippen LogP contribution in [0.2, 0.25) is 0 Å².